The molecule has 7 nitrogen and oxygen atoms in total. The number of nitrogens with zero attached hydrogens (tertiary/aromatic N) is 1. The molecule has 0 radical (unpaired) electrons. The van der Waals surface area contributed by atoms with Gasteiger partial charge in [0.1, 0.15) is 5.69 Å². The van der Waals surface area contributed by atoms with Gasteiger partial charge in [-0.15, -0.1) is 4.91 Å². The second-order valence-corrected chi connectivity index (χ2v) is 7.23. The molecule has 1 N–H and O–H groups in total. The Kier molecular flexibility index (Phi) is 6.72. The van der Waals surface area contributed by atoms with Crippen molar-refractivity contribution in [3.8, 4) is 0 Å². The maximum absolute atomic E-state index is 12.9. The molecule has 0 spiro atoms. The number of hydrogen-bond donors (Lipinski definition) is 1. The van der Waals surface area contributed by atoms with Gasteiger partial charge < -0.3 is 14.8 Å². The van der Waals surface area contributed by atoms with Crippen molar-refractivity contribution in [2.45, 2.75) is 59.7 Å². The van der Waals surface area contributed by atoms with Crippen LogP contribution in [0.2, 0.25) is 0 Å². The van der Waals surface area contributed by atoms with Crippen LogP contribution in [0.1, 0.15) is 53.0 Å². The summed E-state index contributed by atoms with van der Waals surface area (Å²) in [4.78, 5) is 36.5. The van der Waals surface area contributed by atoms with Gasteiger partial charge in [-0.1, -0.05) is 12.1 Å². The molecule has 0 unspecified atom stereocenters. The van der Waals surface area contributed by atoms with E-state index >= 15 is 0 Å². The number of ether oxygens (including phenoxy) is 2. The zero-order chi connectivity index (χ0) is 21.0. The predicted molar refractivity (Wildman–Crippen MR) is 106 cm³/mol. The number of carbonyl (C=O) groups is 2. The lowest BCUT2D eigenvalue weighted by atomic mass is 9.80. The van der Waals surface area contributed by atoms with Gasteiger partial charge in [0, 0.05) is 11.4 Å². The number of nitrogens with one attached hydrogen (secondary N) is 1. The molecule has 1 aliphatic heterocycles. The van der Waals surface area contributed by atoms with E-state index < -0.39 is 17.9 Å². The number of benzene rings is 1. The van der Waals surface area contributed by atoms with Crippen LogP contribution in [-0.2, 0) is 19.1 Å². The fourth-order valence-corrected chi connectivity index (χ4v) is 3.15. The first-order valence-corrected chi connectivity index (χ1v) is 9.19. The lowest BCUT2D eigenvalue weighted by Crippen LogP contribution is -2.33. The summed E-state index contributed by atoms with van der Waals surface area (Å²) < 4.78 is 10.8. The van der Waals surface area contributed by atoms with Crippen LogP contribution in [0.4, 0.5) is 5.69 Å². The molecule has 0 bridgehead atoms. The summed E-state index contributed by atoms with van der Waals surface area (Å²) in [6.45, 7) is 10.6. The van der Waals surface area contributed by atoms with Gasteiger partial charge in [-0.05, 0) is 64.4 Å². The molecule has 0 aliphatic carbocycles. The van der Waals surface area contributed by atoms with Crippen LogP contribution in [0.5, 0.6) is 0 Å². The highest BCUT2D eigenvalue weighted by Gasteiger charge is 2.38. The first-order valence-electron chi connectivity index (χ1n) is 9.19. The quantitative estimate of drug-likeness (QED) is 0.581. The minimum Gasteiger partial charge on any atom is -0.460 e. The molecule has 0 saturated carbocycles. The molecule has 1 aromatic carbocycles. The first-order chi connectivity index (χ1) is 13.1. The third kappa shape index (κ3) is 4.65. The molecule has 150 valence electrons. The van der Waals surface area contributed by atoms with Crippen molar-refractivity contribution in [1.82, 2.24) is 5.32 Å². The Morgan fingerprint density at radius 2 is 1.32 bits per heavy atom. The molecule has 0 atom stereocenters. The Bertz CT molecular complexity index is 791. The number of esters is 2. The van der Waals surface area contributed by atoms with E-state index in [1.807, 2.05) is 0 Å². The Hall–Kier alpha value is -2.96. The minimum absolute atomic E-state index is 0.261. The van der Waals surface area contributed by atoms with Gasteiger partial charge in [-0.3, -0.25) is 0 Å². The zero-order valence-electron chi connectivity index (χ0n) is 17.0. The number of dihydropyridines is 1. The number of carbonyl (C=O) groups excluding carboxylic acids is 2. The predicted octanol–water partition coefficient (Wildman–Crippen LogP) is 4.22. The highest BCUT2D eigenvalue weighted by atomic mass is 16.5. The molecule has 0 fully saturated rings. The topological polar surface area (TPSA) is 94.1 Å². The highest BCUT2D eigenvalue weighted by Crippen LogP contribution is 2.40. The van der Waals surface area contributed by atoms with Gasteiger partial charge in [-0.2, -0.15) is 0 Å². The summed E-state index contributed by atoms with van der Waals surface area (Å²) >= 11 is 0. The van der Waals surface area contributed by atoms with Crippen molar-refractivity contribution in [2.75, 3.05) is 0 Å². The van der Waals surface area contributed by atoms with E-state index in [0.29, 0.717) is 28.1 Å². The maximum atomic E-state index is 12.9. The van der Waals surface area contributed by atoms with Gasteiger partial charge in [0.2, 0.25) is 0 Å². The molecule has 0 amide bonds. The normalized spacial score (nSPS) is 15.0. The van der Waals surface area contributed by atoms with Gasteiger partial charge in [0.05, 0.1) is 29.3 Å². The summed E-state index contributed by atoms with van der Waals surface area (Å²) in [5, 5.41) is 6.00. The third-order valence-electron chi connectivity index (χ3n) is 4.22. The van der Waals surface area contributed by atoms with E-state index in [-0.39, 0.29) is 17.9 Å². The molecule has 28 heavy (non-hydrogen) atoms. The van der Waals surface area contributed by atoms with Crippen LogP contribution >= 0.6 is 0 Å². The molecular formula is C21H26N2O5. The Morgan fingerprint density at radius 3 is 1.68 bits per heavy atom. The molecule has 2 rings (SSSR count). The molecule has 1 aromatic rings. The van der Waals surface area contributed by atoms with Crippen molar-refractivity contribution in [2.24, 2.45) is 5.18 Å². The Morgan fingerprint density at radius 1 is 0.893 bits per heavy atom. The Balaban J connectivity index is 2.62. The summed E-state index contributed by atoms with van der Waals surface area (Å²) in [5.74, 6) is -1.70. The lowest BCUT2D eigenvalue weighted by Gasteiger charge is -2.31. The van der Waals surface area contributed by atoms with Crippen LogP contribution in [0.15, 0.2) is 52.0 Å². The van der Waals surface area contributed by atoms with E-state index in [4.69, 9.17) is 9.47 Å². The van der Waals surface area contributed by atoms with Gasteiger partial charge in [0.15, 0.2) is 0 Å². The fourth-order valence-electron chi connectivity index (χ4n) is 3.15. The third-order valence-corrected chi connectivity index (χ3v) is 4.22. The monoisotopic (exact) mass is 386 g/mol. The van der Waals surface area contributed by atoms with Crippen molar-refractivity contribution in [3.63, 3.8) is 0 Å². The smallest absolute Gasteiger partial charge is 0.337 e. The average Bonchev–Trinajstić information content (AvgIpc) is 2.59. The van der Waals surface area contributed by atoms with Crippen molar-refractivity contribution in [3.05, 3.63) is 57.3 Å². The number of nitroso groups, excluding NO2 is 1. The minimum atomic E-state index is -0.681. The lowest BCUT2D eigenvalue weighted by molar-refractivity contribution is -0.143. The highest BCUT2D eigenvalue weighted by molar-refractivity contribution is 6.00. The average molecular weight is 386 g/mol. The van der Waals surface area contributed by atoms with Gasteiger partial charge >= 0.3 is 11.9 Å². The van der Waals surface area contributed by atoms with Gasteiger partial charge in [-0.25, -0.2) is 9.59 Å². The maximum Gasteiger partial charge on any atom is 0.337 e. The number of allylic oxidation sites excluding steroid dienone is 2. The van der Waals surface area contributed by atoms with Crippen molar-refractivity contribution < 1.29 is 19.1 Å². The summed E-state index contributed by atoms with van der Waals surface area (Å²) in [6, 6.07) is 6.45. The standard InChI is InChI=1S/C21H26N2O5/c1-11(2)27-20(24)17-13(5)22-14(6)18(21(25)28-12(3)4)19(17)15-7-9-16(23-26)10-8-15/h7-12,19,22H,1-6H3. The Labute approximate surface area is 164 Å². The zero-order valence-corrected chi connectivity index (χ0v) is 17.0. The first kappa shape index (κ1) is 21.3. The summed E-state index contributed by atoms with van der Waals surface area (Å²) in [7, 11) is 0. The number of rotatable bonds is 6. The fraction of sp³-hybridized carbons (Fsp3) is 0.429. The van der Waals surface area contributed by atoms with E-state index in [9.17, 15) is 14.5 Å². The van der Waals surface area contributed by atoms with Crippen molar-refractivity contribution in [1.29, 1.82) is 0 Å². The molecule has 0 saturated heterocycles. The summed E-state index contributed by atoms with van der Waals surface area (Å²) in [5.41, 5.74) is 2.80. The molecule has 0 aromatic heterocycles. The van der Waals surface area contributed by atoms with Crippen LogP contribution in [-0.4, -0.2) is 24.1 Å². The van der Waals surface area contributed by atoms with E-state index in [2.05, 4.69) is 10.5 Å². The van der Waals surface area contributed by atoms with E-state index in [1.54, 1.807) is 65.8 Å². The van der Waals surface area contributed by atoms with Gasteiger partial charge in [0.25, 0.3) is 0 Å². The molecule has 7 heteroatoms. The van der Waals surface area contributed by atoms with Crippen molar-refractivity contribution >= 4 is 17.6 Å². The largest absolute Gasteiger partial charge is 0.460 e. The van der Waals surface area contributed by atoms with Crippen LogP contribution in [0.3, 0.4) is 0 Å². The molecular weight excluding hydrogens is 360 g/mol. The SMILES string of the molecule is CC1=C(C(=O)OC(C)C)C(c2ccc(N=O)cc2)C(C(=O)OC(C)C)=C(C)N1. The van der Waals surface area contributed by atoms with Crippen LogP contribution < -0.4 is 5.32 Å². The van der Waals surface area contributed by atoms with E-state index in [1.165, 1.54) is 0 Å². The second kappa shape index (κ2) is 8.82. The van der Waals surface area contributed by atoms with Crippen LogP contribution in [0, 0.1) is 4.91 Å². The summed E-state index contributed by atoms with van der Waals surface area (Å²) in [6.07, 6.45) is -0.624. The van der Waals surface area contributed by atoms with E-state index in [0.717, 1.165) is 0 Å². The van der Waals surface area contributed by atoms with Crippen LogP contribution in [0.25, 0.3) is 0 Å². The number of hydrogen-bond acceptors (Lipinski definition) is 7. The second-order valence-electron chi connectivity index (χ2n) is 7.23. The molecule has 1 aliphatic rings. The molecule has 1 heterocycles.